The molecule has 1 heterocycles. The van der Waals surface area contributed by atoms with Crippen LogP contribution in [0.5, 0.6) is 0 Å². The molecule has 0 radical (unpaired) electrons. The van der Waals surface area contributed by atoms with Gasteiger partial charge in [-0.1, -0.05) is 55.8 Å². The number of rotatable bonds is 11. The number of benzene rings is 1. The lowest BCUT2D eigenvalue weighted by Gasteiger charge is -2.43. The van der Waals surface area contributed by atoms with Crippen molar-refractivity contribution >= 4 is 17.6 Å². The zero-order valence-electron chi connectivity index (χ0n) is 20.8. The second-order valence-corrected chi connectivity index (χ2v) is 10.7. The van der Waals surface area contributed by atoms with Gasteiger partial charge in [0.25, 0.3) is 0 Å². The van der Waals surface area contributed by atoms with Gasteiger partial charge in [0.15, 0.2) is 0 Å². The Morgan fingerprint density at radius 3 is 2.76 bits per heavy atom. The summed E-state index contributed by atoms with van der Waals surface area (Å²) in [6, 6.07) is 7.50. The van der Waals surface area contributed by atoms with Crippen molar-refractivity contribution in [1.29, 1.82) is 0 Å². The number of unbranched alkanes of at least 4 members (excludes halogenated alkanes) is 1. The fraction of sp³-hybridized carbons (Fsp3) is 0.741. The maximum atomic E-state index is 13.2. The molecular formula is C27H44ClN3O3. The molecule has 2 aliphatic rings. The van der Waals surface area contributed by atoms with E-state index in [9.17, 15) is 9.90 Å². The number of carbonyl (C=O) groups is 1. The molecule has 1 saturated carbocycles. The molecule has 0 spiro atoms. The number of likely N-dealkylation sites (tertiary alicyclic amines) is 1. The van der Waals surface area contributed by atoms with Crippen LogP contribution in [0.1, 0.15) is 76.2 Å². The van der Waals surface area contributed by atoms with Gasteiger partial charge in [0.05, 0.1) is 5.60 Å². The Hall–Kier alpha value is -1.34. The molecule has 7 heteroatoms. The first kappa shape index (κ1) is 27.3. The smallest absolute Gasteiger partial charge is 0.317 e. The summed E-state index contributed by atoms with van der Waals surface area (Å²) in [5, 5.41) is 15.8. The van der Waals surface area contributed by atoms with Gasteiger partial charge in [0.1, 0.15) is 0 Å². The Morgan fingerprint density at radius 2 is 2.06 bits per heavy atom. The number of hydrogen-bond acceptors (Lipinski definition) is 4. The molecule has 0 aromatic heterocycles. The van der Waals surface area contributed by atoms with Crippen LogP contribution in [0.15, 0.2) is 24.3 Å². The van der Waals surface area contributed by atoms with Crippen molar-refractivity contribution in [3.63, 3.8) is 0 Å². The minimum absolute atomic E-state index is 0.0110. The van der Waals surface area contributed by atoms with Crippen LogP contribution in [0.25, 0.3) is 0 Å². The summed E-state index contributed by atoms with van der Waals surface area (Å²) in [7, 11) is 1.70. The highest BCUT2D eigenvalue weighted by molar-refractivity contribution is 6.30. The minimum atomic E-state index is -1.03. The predicted octanol–water partition coefficient (Wildman–Crippen LogP) is 5.06. The fourth-order valence-electron chi connectivity index (χ4n) is 5.84. The first-order valence-electron chi connectivity index (χ1n) is 13.2. The number of nitrogens with two attached hydrogens (primary N) is 1. The van der Waals surface area contributed by atoms with Gasteiger partial charge in [-0.25, -0.2) is 4.79 Å². The zero-order valence-corrected chi connectivity index (χ0v) is 21.6. The van der Waals surface area contributed by atoms with E-state index in [1.807, 2.05) is 29.2 Å². The number of hydrogen-bond donors (Lipinski definition) is 3. The number of nitrogens with one attached hydrogen (secondary N) is 1. The molecule has 0 bridgehead atoms. The highest BCUT2D eigenvalue weighted by Crippen LogP contribution is 2.40. The van der Waals surface area contributed by atoms with Crippen LogP contribution in [0, 0.1) is 11.8 Å². The van der Waals surface area contributed by atoms with Crippen LogP contribution in [0.2, 0.25) is 5.02 Å². The van der Waals surface area contributed by atoms with E-state index in [0.29, 0.717) is 43.6 Å². The normalized spacial score (nSPS) is 22.2. The number of carbonyl (C=O) groups excluding carboxylic acids is 1. The molecular weight excluding hydrogens is 450 g/mol. The number of ether oxygens (including phenoxy) is 1. The second-order valence-electron chi connectivity index (χ2n) is 10.3. The molecule has 4 N–H and O–H groups in total. The minimum Gasteiger partial charge on any atom is -0.385 e. The SMILES string of the molecule is COCCCC[C@@](O)(c1cccc(Cl)c1)[C@@H]1CCCN(C(=O)NC(CN)CC2CCCCC2)C1. The molecule has 1 aliphatic carbocycles. The monoisotopic (exact) mass is 493 g/mol. The molecule has 1 aromatic rings. The molecule has 2 fully saturated rings. The van der Waals surface area contributed by atoms with Crippen LogP contribution in [-0.4, -0.2) is 55.4 Å². The van der Waals surface area contributed by atoms with Crippen LogP contribution in [-0.2, 0) is 10.3 Å². The van der Waals surface area contributed by atoms with Gasteiger partial charge in [-0.2, -0.15) is 0 Å². The predicted molar refractivity (Wildman–Crippen MR) is 138 cm³/mol. The molecule has 1 aromatic carbocycles. The van der Waals surface area contributed by atoms with E-state index in [-0.39, 0.29) is 18.0 Å². The summed E-state index contributed by atoms with van der Waals surface area (Å²) in [5.41, 5.74) is 5.84. The van der Waals surface area contributed by atoms with E-state index >= 15 is 0 Å². The van der Waals surface area contributed by atoms with E-state index in [4.69, 9.17) is 22.1 Å². The van der Waals surface area contributed by atoms with E-state index in [0.717, 1.165) is 37.7 Å². The van der Waals surface area contributed by atoms with Gasteiger partial charge in [0, 0.05) is 50.3 Å². The van der Waals surface area contributed by atoms with Gasteiger partial charge in [-0.05, 0) is 62.1 Å². The highest BCUT2D eigenvalue weighted by atomic mass is 35.5. The summed E-state index contributed by atoms with van der Waals surface area (Å²) in [4.78, 5) is 15.1. The number of halogens is 1. The molecule has 1 saturated heterocycles. The van der Waals surface area contributed by atoms with Crippen molar-refractivity contribution in [2.24, 2.45) is 17.6 Å². The largest absolute Gasteiger partial charge is 0.385 e. The van der Waals surface area contributed by atoms with Crippen molar-refractivity contribution in [3.05, 3.63) is 34.9 Å². The fourth-order valence-corrected chi connectivity index (χ4v) is 6.03. The van der Waals surface area contributed by atoms with Crippen LogP contribution >= 0.6 is 11.6 Å². The van der Waals surface area contributed by atoms with Gasteiger partial charge in [0.2, 0.25) is 0 Å². The van der Waals surface area contributed by atoms with Crippen molar-refractivity contribution in [1.82, 2.24) is 10.2 Å². The quantitative estimate of drug-likeness (QED) is 0.376. The van der Waals surface area contributed by atoms with Crippen molar-refractivity contribution < 1.29 is 14.6 Å². The second kappa shape index (κ2) is 13.7. The number of urea groups is 1. The Balaban J connectivity index is 1.66. The third-order valence-corrected chi connectivity index (χ3v) is 8.05. The lowest BCUT2D eigenvalue weighted by molar-refractivity contribution is -0.0563. The third-order valence-electron chi connectivity index (χ3n) is 7.82. The summed E-state index contributed by atoms with van der Waals surface area (Å²) in [6.45, 7) is 2.37. The Morgan fingerprint density at radius 1 is 1.26 bits per heavy atom. The first-order chi connectivity index (χ1) is 16.5. The molecule has 192 valence electrons. The van der Waals surface area contributed by atoms with Crippen LogP contribution in [0.4, 0.5) is 4.79 Å². The molecule has 3 atom stereocenters. The summed E-state index contributed by atoms with van der Waals surface area (Å²) >= 11 is 6.29. The number of methoxy groups -OCH3 is 1. The van der Waals surface area contributed by atoms with Crippen molar-refractivity contribution in [2.75, 3.05) is 33.4 Å². The molecule has 1 aliphatic heterocycles. The zero-order chi connectivity index (χ0) is 24.4. The van der Waals surface area contributed by atoms with Crippen molar-refractivity contribution in [3.8, 4) is 0 Å². The maximum Gasteiger partial charge on any atom is 0.317 e. The van der Waals surface area contributed by atoms with Crippen LogP contribution in [0.3, 0.4) is 0 Å². The third kappa shape index (κ3) is 7.58. The molecule has 6 nitrogen and oxygen atoms in total. The van der Waals surface area contributed by atoms with E-state index < -0.39 is 5.60 Å². The maximum absolute atomic E-state index is 13.2. The molecule has 2 amide bonds. The lowest BCUT2D eigenvalue weighted by atomic mass is 9.74. The number of aliphatic hydroxyl groups is 1. The average Bonchev–Trinajstić information content (AvgIpc) is 2.86. The molecule has 3 rings (SSSR count). The van der Waals surface area contributed by atoms with Crippen molar-refractivity contribution in [2.45, 2.75) is 82.3 Å². The Labute approximate surface area is 210 Å². The van der Waals surface area contributed by atoms with Gasteiger partial charge in [-0.15, -0.1) is 0 Å². The molecule has 34 heavy (non-hydrogen) atoms. The number of piperidine rings is 1. The summed E-state index contributed by atoms with van der Waals surface area (Å²) < 4.78 is 5.20. The summed E-state index contributed by atoms with van der Waals surface area (Å²) in [6.07, 6.45) is 11.4. The lowest BCUT2D eigenvalue weighted by Crippen LogP contribution is -2.53. The summed E-state index contributed by atoms with van der Waals surface area (Å²) in [5.74, 6) is 0.611. The topological polar surface area (TPSA) is 87.8 Å². The number of amides is 2. The molecule has 1 unspecified atom stereocenters. The van der Waals surface area contributed by atoms with Gasteiger partial charge in [-0.3, -0.25) is 0 Å². The Kier molecular flexibility index (Phi) is 11.0. The van der Waals surface area contributed by atoms with E-state index in [2.05, 4.69) is 5.32 Å². The first-order valence-corrected chi connectivity index (χ1v) is 13.6. The highest BCUT2D eigenvalue weighted by Gasteiger charge is 2.41. The van der Waals surface area contributed by atoms with Gasteiger partial charge >= 0.3 is 6.03 Å². The van der Waals surface area contributed by atoms with Crippen LogP contribution < -0.4 is 11.1 Å². The Bertz CT molecular complexity index is 758. The number of nitrogens with zero attached hydrogens (tertiary/aromatic N) is 1. The van der Waals surface area contributed by atoms with Gasteiger partial charge < -0.3 is 25.8 Å². The average molecular weight is 494 g/mol. The standard InChI is InChI=1S/C27H44ClN3O3/c1-34-16-6-5-14-27(33,22-11-7-13-24(28)18-22)23-12-8-15-31(20-23)26(32)30-25(19-29)17-21-9-3-2-4-10-21/h7,11,13,18,21,23,25,33H,2-6,8-10,12,14-17,19-20,29H2,1H3,(H,30,32)/t23-,25?,27-/m1/s1. The van der Waals surface area contributed by atoms with E-state index in [1.165, 1.54) is 32.1 Å². The van der Waals surface area contributed by atoms with E-state index in [1.54, 1.807) is 7.11 Å².